The van der Waals surface area contributed by atoms with Crippen molar-refractivity contribution in [3.8, 4) is 5.82 Å². The molecule has 0 N–H and O–H groups in total. The van der Waals surface area contributed by atoms with E-state index in [9.17, 15) is 4.79 Å². The molecule has 128 valence electrons. The third kappa shape index (κ3) is 2.77. The lowest BCUT2D eigenvalue weighted by molar-refractivity contribution is 0.0696. The van der Waals surface area contributed by atoms with Crippen molar-refractivity contribution in [2.75, 3.05) is 13.1 Å². The zero-order valence-corrected chi connectivity index (χ0v) is 14.5. The molecule has 4 rings (SSSR count). The lowest BCUT2D eigenvalue weighted by atomic mass is 9.98. The molecule has 0 saturated carbocycles. The smallest absolute Gasteiger partial charge is 0.255 e. The topological polar surface area (TPSA) is 63.9 Å². The lowest BCUT2D eigenvalue weighted by Crippen LogP contribution is -2.38. The number of aromatic nitrogens is 4. The first-order chi connectivity index (χ1) is 12.1. The molecule has 6 nitrogen and oxygen atoms in total. The number of nitrogens with zero attached hydrogens (tertiary/aromatic N) is 5. The molecule has 0 spiro atoms. The van der Waals surface area contributed by atoms with E-state index in [0.717, 1.165) is 42.5 Å². The monoisotopic (exact) mass is 335 g/mol. The molecule has 6 heteroatoms. The summed E-state index contributed by atoms with van der Waals surface area (Å²) in [6.07, 6.45) is 10.8. The molecule has 1 aliphatic rings. The van der Waals surface area contributed by atoms with Gasteiger partial charge in [0.15, 0.2) is 5.82 Å². The van der Waals surface area contributed by atoms with Gasteiger partial charge in [0.2, 0.25) is 0 Å². The van der Waals surface area contributed by atoms with Gasteiger partial charge < -0.3 is 4.90 Å². The van der Waals surface area contributed by atoms with Crippen LogP contribution < -0.4 is 0 Å². The Labute approximate surface area is 146 Å². The predicted octanol–water partition coefficient (Wildman–Crippen LogP) is 3.00. The van der Waals surface area contributed by atoms with Gasteiger partial charge in [-0.05, 0) is 37.3 Å². The van der Waals surface area contributed by atoms with Crippen molar-refractivity contribution in [1.82, 2.24) is 24.4 Å². The fraction of sp³-hybridized carbons (Fsp3) is 0.368. The molecule has 0 unspecified atom stereocenters. The van der Waals surface area contributed by atoms with Crippen LogP contribution in [-0.4, -0.2) is 43.4 Å². The minimum atomic E-state index is 0.0889. The average molecular weight is 335 g/mol. The van der Waals surface area contributed by atoms with Crippen LogP contribution in [0.4, 0.5) is 0 Å². The van der Waals surface area contributed by atoms with Crippen LogP contribution in [0.25, 0.3) is 16.9 Å². The molecule has 25 heavy (non-hydrogen) atoms. The first-order valence-corrected chi connectivity index (χ1v) is 8.67. The molecule has 3 aromatic heterocycles. The van der Waals surface area contributed by atoms with Gasteiger partial charge in [-0.1, -0.05) is 6.92 Å². The largest absolute Gasteiger partial charge is 0.339 e. The molecule has 1 saturated heterocycles. The van der Waals surface area contributed by atoms with Crippen LogP contribution in [0.1, 0.15) is 35.7 Å². The zero-order valence-electron chi connectivity index (χ0n) is 14.5. The highest BCUT2D eigenvalue weighted by Crippen LogP contribution is 2.25. The Kier molecular flexibility index (Phi) is 3.95. The summed E-state index contributed by atoms with van der Waals surface area (Å²) in [4.78, 5) is 27.9. The summed E-state index contributed by atoms with van der Waals surface area (Å²) >= 11 is 0. The highest BCUT2D eigenvalue weighted by molar-refractivity contribution is 5.99. The summed E-state index contributed by atoms with van der Waals surface area (Å²) in [5, 5.41) is 0.974. The van der Waals surface area contributed by atoms with Crippen molar-refractivity contribution >= 4 is 16.9 Å². The Balaban J connectivity index is 1.71. The summed E-state index contributed by atoms with van der Waals surface area (Å²) in [6.45, 7) is 5.90. The van der Waals surface area contributed by atoms with E-state index in [1.165, 1.54) is 0 Å². The van der Waals surface area contributed by atoms with Gasteiger partial charge in [0.1, 0.15) is 5.65 Å². The molecule has 0 aliphatic carbocycles. The highest BCUT2D eigenvalue weighted by atomic mass is 16.2. The predicted molar refractivity (Wildman–Crippen MR) is 95.7 cm³/mol. The van der Waals surface area contributed by atoms with Crippen molar-refractivity contribution in [2.24, 2.45) is 5.92 Å². The molecular weight excluding hydrogens is 314 g/mol. The van der Waals surface area contributed by atoms with Gasteiger partial charge >= 0.3 is 0 Å². The van der Waals surface area contributed by atoms with Gasteiger partial charge in [-0.15, -0.1) is 0 Å². The Morgan fingerprint density at radius 1 is 1.16 bits per heavy atom. The maximum atomic E-state index is 12.9. The van der Waals surface area contributed by atoms with Gasteiger partial charge in [-0.2, -0.15) is 0 Å². The summed E-state index contributed by atoms with van der Waals surface area (Å²) < 4.78 is 1.90. The van der Waals surface area contributed by atoms with Crippen LogP contribution in [0, 0.1) is 12.8 Å². The Morgan fingerprint density at radius 3 is 2.68 bits per heavy atom. The summed E-state index contributed by atoms with van der Waals surface area (Å²) in [7, 11) is 0. The van der Waals surface area contributed by atoms with Crippen LogP contribution >= 0.6 is 0 Å². The van der Waals surface area contributed by atoms with Gasteiger partial charge in [0.05, 0.1) is 11.8 Å². The lowest BCUT2D eigenvalue weighted by Gasteiger charge is -2.30. The van der Waals surface area contributed by atoms with Crippen LogP contribution in [0.5, 0.6) is 0 Å². The number of rotatable bonds is 2. The minimum Gasteiger partial charge on any atom is -0.339 e. The van der Waals surface area contributed by atoms with Crippen LogP contribution in [-0.2, 0) is 0 Å². The molecule has 1 aliphatic heterocycles. The number of hydrogen-bond donors (Lipinski definition) is 0. The molecule has 0 radical (unpaired) electrons. The van der Waals surface area contributed by atoms with Crippen molar-refractivity contribution in [3.63, 3.8) is 0 Å². The summed E-state index contributed by atoms with van der Waals surface area (Å²) in [5.41, 5.74) is 2.46. The van der Waals surface area contributed by atoms with Gasteiger partial charge in [0, 0.05) is 43.3 Å². The normalized spacial score (nSPS) is 15.7. The number of hydrogen-bond acceptors (Lipinski definition) is 4. The number of carbonyl (C=O) groups excluding carboxylic acids is 1. The minimum absolute atomic E-state index is 0.0889. The van der Waals surface area contributed by atoms with E-state index >= 15 is 0 Å². The van der Waals surface area contributed by atoms with Crippen molar-refractivity contribution in [1.29, 1.82) is 0 Å². The van der Waals surface area contributed by atoms with E-state index in [4.69, 9.17) is 0 Å². The van der Waals surface area contributed by atoms with Crippen LogP contribution in [0.3, 0.4) is 0 Å². The van der Waals surface area contributed by atoms with Gasteiger partial charge in [0.25, 0.3) is 5.91 Å². The van der Waals surface area contributed by atoms with Crippen LogP contribution in [0.2, 0.25) is 0 Å². The fourth-order valence-corrected chi connectivity index (χ4v) is 3.41. The second-order valence-electron chi connectivity index (χ2n) is 6.76. The Hall–Kier alpha value is -2.76. The number of pyridine rings is 1. The third-order valence-corrected chi connectivity index (χ3v) is 5.08. The van der Waals surface area contributed by atoms with E-state index in [2.05, 4.69) is 21.9 Å². The molecule has 4 heterocycles. The van der Waals surface area contributed by atoms with E-state index in [1.807, 2.05) is 28.7 Å². The Morgan fingerprint density at radius 2 is 1.96 bits per heavy atom. The van der Waals surface area contributed by atoms with Crippen LogP contribution in [0.15, 0.2) is 37.1 Å². The Bertz CT molecular complexity index is 910. The summed E-state index contributed by atoms with van der Waals surface area (Å²) in [5.74, 6) is 1.51. The van der Waals surface area contributed by atoms with E-state index in [-0.39, 0.29) is 5.91 Å². The van der Waals surface area contributed by atoms with E-state index in [0.29, 0.717) is 17.3 Å². The quantitative estimate of drug-likeness (QED) is 0.722. The van der Waals surface area contributed by atoms with Gasteiger partial charge in [-0.25, -0.2) is 9.97 Å². The molecule has 1 fully saturated rings. The number of fused-ring (bicyclic) bond motifs is 1. The maximum absolute atomic E-state index is 12.9. The van der Waals surface area contributed by atoms with Crippen molar-refractivity contribution in [2.45, 2.75) is 26.7 Å². The van der Waals surface area contributed by atoms with E-state index in [1.54, 1.807) is 24.8 Å². The van der Waals surface area contributed by atoms with Crippen molar-refractivity contribution < 1.29 is 4.79 Å². The second-order valence-corrected chi connectivity index (χ2v) is 6.76. The standard InChI is InChI=1S/C19H21N5O/c1-13-3-8-23(9-4-13)19(25)16-11-22-18-15(14(16)2)5-10-24(18)17-12-20-6-7-21-17/h5-7,10-13H,3-4,8-9H2,1-2H3. The SMILES string of the molecule is Cc1c(C(=O)N2CCC(C)CC2)cnc2c1ccn2-c1cnccn1. The van der Waals surface area contributed by atoms with Gasteiger partial charge in [-0.3, -0.25) is 14.3 Å². The third-order valence-electron chi connectivity index (χ3n) is 5.08. The zero-order chi connectivity index (χ0) is 17.4. The second kappa shape index (κ2) is 6.27. The van der Waals surface area contributed by atoms with Crippen molar-refractivity contribution in [3.05, 3.63) is 48.2 Å². The molecule has 0 bridgehead atoms. The first-order valence-electron chi connectivity index (χ1n) is 8.67. The molecule has 3 aromatic rings. The number of carbonyl (C=O) groups is 1. The summed E-state index contributed by atoms with van der Waals surface area (Å²) in [6, 6.07) is 1.99. The molecule has 0 aromatic carbocycles. The maximum Gasteiger partial charge on any atom is 0.255 e. The van der Waals surface area contributed by atoms with E-state index < -0.39 is 0 Å². The number of amides is 1. The number of likely N-dealkylation sites (tertiary alicyclic amines) is 1. The molecular formula is C19H21N5O. The average Bonchev–Trinajstić information content (AvgIpc) is 3.08. The molecule has 1 amide bonds. The number of piperidine rings is 1. The molecule has 0 atom stereocenters. The number of aryl methyl sites for hydroxylation is 1. The first kappa shape index (κ1) is 15.7. The fourth-order valence-electron chi connectivity index (χ4n) is 3.41. The highest BCUT2D eigenvalue weighted by Gasteiger charge is 2.24.